The van der Waals surface area contributed by atoms with Gasteiger partial charge in [-0.3, -0.25) is 4.79 Å². The lowest BCUT2D eigenvalue weighted by molar-refractivity contribution is 0.0700. The molecule has 1 aliphatic rings. The number of nitrogens with zero attached hydrogens (tertiary/aromatic N) is 3. The van der Waals surface area contributed by atoms with Crippen molar-refractivity contribution in [1.82, 2.24) is 15.0 Å². The van der Waals surface area contributed by atoms with E-state index in [-0.39, 0.29) is 17.8 Å². The zero-order chi connectivity index (χ0) is 15.5. The third-order valence-corrected chi connectivity index (χ3v) is 3.77. The Morgan fingerprint density at radius 1 is 1.50 bits per heavy atom. The van der Waals surface area contributed by atoms with E-state index in [0.717, 1.165) is 24.4 Å². The molecule has 7 heteroatoms. The first-order valence-corrected chi connectivity index (χ1v) is 7.44. The van der Waals surface area contributed by atoms with Gasteiger partial charge in [-0.1, -0.05) is 12.1 Å². The van der Waals surface area contributed by atoms with Gasteiger partial charge in [0.1, 0.15) is 18.1 Å². The molecule has 0 aliphatic carbocycles. The molecule has 0 saturated carbocycles. The van der Waals surface area contributed by atoms with Gasteiger partial charge in [0.25, 0.3) is 11.7 Å². The van der Waals surface area contributed by atoms with Crippen molar-refractivity contribution in [2.75, 3.05) is 13.7 Å². The number of likely N-dealkylation sites (tertiary alicyclic amines) is 1. The summed E-state index contributed by atoms with van der Waals surface area (Å²) in [6, 6.07) is 3.70. The standard InChI is InChI=1S/C15H19N3O4/c1-3-13-16-14(17-22-13)15(19)18-8-4-5-11(18)12-7-6-10(21-12)9-20-2/h6-7,11H,3-5,8-9H2,1-2H3. The first-order valence-electron chi connectivity index (χ1n) is 7.44. The van der Waals surface area contributed by atoms with Crippen LogP contribution in [0.5, 0.6) is 0 Å². The van der Waals surface area contributed by atoms with Gasteiger partial charge in [-0.15, -0.1) is 0 Å². The molecule has 0 spiro atoms. The smallest absolute Gasteiger partial charge is 0.295 e. The topological polar surface area (TPSA) is 81.6 Å². The molecule has 2 aromatic heterocycles. The fourth-order valence-electron chi connectivity index (χ4n) is 2.71. The van der Waals surface area contributed by atoms with Crippen LogP contribution >= 0.6 is 0 Å². The number of ether oxygens (including phenoxy) is 1. The fourth-order valence-corrected chi connectivity index (χ4v) is 2.71. The highest BCUT2D eigenvalue weighted by Crippen LogP contribution is 2.33. The van der Waals surface area contributed by atoms with Gasteiger partial charge in [0, 0.05) is 20.1 Å². The van der Waals surface area contributed by atoms with Gasteiger partial charge in [0.15, 0.2) is 0 Å². The Balaban J connectivity index is 1.78. The minimum Gasteiger partial charge on any atom is -0.461 e. The van der Waals surface area contributed by atoms with Crippen LogP contribution in [0, 0.1) is 0 Å². The predicted molar refractivity (Wildman–Crippen MR) is 76.1 cm³/mol. The van der Waals surface area contributed by atoms with Crippen LogP contribution in [0.15, 0.2) is 21.1 Å². The van der Waals surface area contributed by atoms with E-state index in [1.54, 1.807) is 12.0 Å². The number of carbonyl (C=O) groups excluding carboxylic acids is 1. The molecule has 0 N–H and O–H groups in total. The van der Waals surface area contributed by atoms with Crippen LogP contribution in [0.1, 0.15) is 53.8 Å². The first kappa shape index (κ1) is 14.8. The van der Waals surface area contributed by atoms with Crippen molar-refractivity contribution >= 4 is 5.91 Å². The molecule has 3 heterocycles. The fraction of sp³-hybridized carbons (Fsp3) is 0.533. The van der Waals surface area contributed by atoms with Crippen molar-refractivity contribution in [3.8, 4) is 0 Å². The number of hydrogen-bond acceptors (Lipinski definition) is 6. The average Bonchev–Trinajstić information content (AvgIpc) is 3.26. The molecule has 2 aromatic rings. The first-order chi connectivity index (χ1) is 10.7. The zero-order valence-electron chi connectivity index (χ0n) is 12.7. The van der Waals surface area contributed by atoms with Crippen molar-refractivity contribution in [1.29, 1.82) is 0 Å². The maximum absolute atomic E-state index is 12.6. The Labute approximate surface area is 128 Å². The second kappa shape index (κ2) is 6.31. The van der Waals surface area contributed by atoms with Crippen molar-refractivity contribution < 1.29 is 18.5 Å². The van der Waals surface area contributed by atoms with Gasteiger partial charge in [-0.2, -0.15) is 4.98 Å². The number of methoxy groups -OCH3 is 1. The molecule has 1 saturated heterocycles. The zero-order valence-corrected chi connectivity index (χ0v) is 12.7. The number of aryl methyl sites for hydroxylation is 1. The van der Waals surface area contributed by atoms with E-state index in [9.17, 15) is 4.79 Å². The predicted octanol–water partition coefficient (Wildman–Crippen LogP) is 2.35. The largest absolute Gasteiger partial charge is 0.461 e. The molecule has 0 radical (unpaired) electrons. The lowest BCUT2D eigenvalue weighted by Crippen LogP contribution is -2.31. The van der Waals surface area contributed by atoms with Gasteiger partial charge >= 0.3 is 0 Å². The summed E-state index contributed by atoms with van der Waals surface area (Å²) in [6.45, 7) is 2.99. The quantitative estimate of drug-likeness (QED) is 0.843. The maximum atomic E-state index is 12.6. The highest BCUT2D eigenvalue weighted by Gasteiger charge is 2.34. The lowest BCUT2D eigenvalue weighted by atomic mass is 10.1. The molecule has 1 atom stereocenters. The van der Waals surface area contributed by atoms with Crippen molar-refractivity contribution in [3.63, 3.8) is 0 Å². The number of furan rings is 1. The summed E-state index contributed by atoms with van der Waals surface area (Å²) in [5, 5.41) is 3.77. The van der Waals surface area contributed by atoms with Crippen LogP contribution < -0.4 is 0 Å². The third kappa shape index (κ3) is 2.76. The minimum atomic E-state index is -0.212. The van der Waals surface area contributed by atoms with Crippen molar-refractivity contribution in [2.24, 2.45) is 0 Å². The highest BCUT2D eigenvalue weighted by atomic mass is 16.5. The second-order valence-electron chi connectivity index (χ2n) is 5.26. The molecule has 0 bridgehead atoms. The number of carbonyl (C=O) groups is 1. The molecule has 1 amide bonds. The van der Waals surface area contributed by atoms with E-state index >= 15 is 0 Å². The van der Waals surface area contributed by atoms with Crippen LogP contribution in [-0.4, -0.2) is 34.6 Å². The molecule has 1 aliphatic heterocycles. The Kier molecular flexibility index (Phi) is 4.24. The van der Waals surface area contributed by atoms with Crippen LogP contribution in [0.25, 0.3) is 0 Å². The summed E-state index contributed by atoms with van der Waals surface area (Å²) in [6.07, 6.45) is 2.40. The molecule has 118 valence electrons. The van der Waals surface area contributed by atoms with E-state index in [1.807, 2.05) is 19.1 Å². The second-order valence-corrected chi connectivity index (χ2v) is 5.26. The van der Waals surface area contributed by atoms with Crippen LogP contribution in [-0.2, 0) is 17.8 Å². The number of aromatic nitrogens is 2. The van der Waals surface area contributed by atoms with E-state index in [4.69, 9.17) is 13.7 Å². The molecule has 22 heavy (non-hydrogen) atoms. The maximum Gasteiger partial charge on any atom is 0.295 e. The SMILES string of the molecule is CCc1nc(C(=O)N2CCCC2c2ccc(COC)o2)no1. The van der Waals surface area contributed by atoms with E-state index in [1.165, 1.54) is 0 Å². The Morgan fingerprint density at radius 3 is 3.09 bits per heavy atom. The summed E-state index contributed by atoms with van der Waals surface area (Å²) in [5.41, 5.74) is 0. The number of rotatable bonds is 5. The summed E-state index contributed by atoms with van der Waals surface area (Å²) in [4.78, 5) is 18.4. The number of hydrogen-bond donors (Lipinski definition) is 0. The Bertz CT molecular complexity index is 649. The van der Waals surface area contributed by atoms with E-state index in [2.05, 4.69) is 10.1 Å². The molecule has 0 aromatic carbocycles. The molecule has 3 rings (SSSR count). The summed E-state index contributed by atoms with van der Waals surface area (Å²) in [5.74, 6) is 1.91. The van der Waals surface area contributed by atoms with Gasteiger partial charge < -0.3 is 18.6 Å². The monoisotopic (exact) mass is 305 g/mol. The van der Waals surface area contributed by atoms with Gasteiger partial charge in [-0.05, 0) is 25.0 Å². The van der Waals surface area contributed by atoms with Gasteiger partial charge in [-0.25, -0.2) is 0 Å². The lowest BCUT2D eigenvalue weighted by Gasteiger charge is -2.21. The normalized spacial score (nSPS) is 18.1. The minimum absolute atomic E-state index is 0.0818. The summed E-state index contributed by atoms with van der Waals surface area (Å²) in [7, 11) is 1.62. The van der Waals surface area contributed by atoms with Crippen LogP contribution in [0.3, 0.4) is 0 Å². The van der Waals surface area contributed by atoms with E-state index < -0.39 is 0 Å². The molecular weight excluding hydrogens is 286 g/mol. The summed E-state index contributed by atoms with van der Waals surface area (Å²) >= 11 is 0. The molecular formula is C15H19N3O4. The molecule has 1 fully saturated rings. The molecule has 1 unspecified atom stereocenters. The van der Waals surface area contributed by atoms with Crippen molar-refractivity contribution in [2.45, 2.75) is 38.8 Å². The Hall–Kier alpha value is -2.15. The van der Waals surface area contributed by atoms with E-state index in [0.29, 0.717) is 25.5 Å². The van der Waals surface area contributed by atoms with Crippen molar-refractivity contribution in [3.05, 3.63) is 35.4 Å². The van der Waals surface area contributed by atoms with Crippen LogP contribution in [0.2, 0.25) is 0 Å². The average molecular weight is 305 g/mol. The Morgan fingerprint density at radius 2 is 2.36 bits per heavy atom. The highest BCUT2D eigenvalue weighted by molar-refractivity contribution is 5.90. The van der Waals surface area contributed by atoms with Crippen LogP contribution in [0.4, 0.5) is 0 Å². The van der Waals surface area contributed by atoms with Gasteiger partial charge in [0.05, 0.1) is 6.04 Å². The van der Waals surface area contributed by atoms with Gasteiger partial charge in [0.2, 0.25) is 5.89 Å². The number of amides is 1. The molecule has 7 nitrogen and oxygen atoms in total. The summed E-state index contributed by atoms with van der Waals surface area (Å²) < 4.78 is 15.8. The third-order valence-electron chi connectivity index (χ3n) is 3.77.